The van der Waals surface area contributed by atoms with Crippen molar-refractivity contribution in [3.05, 3.63) is 45.5 Å². The van der Waals surface area contributed by atoms with Crippen molar-refractivity contribution in [1.29, 1.82) is 0 Å². The van der Waals surface area contributed by atoms with Crippen LogP contribution in [-0.2, 0) is 6.18 Å². The smallest absolute Gasteiger partial charge is 0.265 e. The molecule has 0 aliphatic heterocycles. The minimum atomic E-state index is -4.37. The summed E-state index contributed by atoms with van der Waals surface area (Å²) in [6, 6.07) is 4.42. The molecule has 0 saturated heterocycles. The first-order valence-corrected chi connectivity index (χ1v) is 4.59. The third kappa shape index (κ3) is 3.22. The number of hydrogen-bond donors (Lipinski definition) is 0. The standard InChI is InChI=1S/C10H10F3NO2/c1-7(6-14(15)16)8-2-4-9(5-3-8)10(11,12)13/h2-5,7H,6H2,1H3. The monoisotopic (exact) mass is 233 g/mol. The fourth-order valence-corrected chi connectivity index (χ4v) is 1.33. The molecule has 0 N–H and O–H groups in total. The number of benzene rings is 1. The second kappa shape index (κ2) is 4.51. The van der Waals surface area contributed by atoms with E-state index in [1.165, 1.54) is 12.1 Å². The molecule has 0 aliphatic carbocycles. The molecule has 0 amide bonds. The van der Waals surface area contributed by atoms with Crippen LogP contribution in [0.2, 0.25) is 0 Å². The molecule has 0 aromatic heterocycles. The van der Waals surface area contributed by atoms with Crippen molar-refractivity contribution >= 4 is 0 Å². The molecule has 0 spiro atoms. The van der Waals surface area contributed by atoms with Crippen molar-refractivity contribution < 1.29 is 18.1 Å². The summed E-state index contributed by atoms with van der Waals surface area (Å²) in [6.07, 6.45) is -4.37. The van der Waals surface area contributed by atoms with Crippen molar-refractivity contribution in [1.82, 2.24) is 0 Å². The van der Waals surface area contributed by atoms with Crippen molar-refractivity contribution in [3.63, 3.8) is 0 Å². The third-order valence-corrected chi connectivity index (χ3v) is 2.23. The van der Waals surface area contributed by atoms with Gasteiger partial charge in [0.2, 0.25) is 6.54 Å². The van der Waals surface area contributed by atoms with Gasteiger partial charge in [-0.05, 0) is 17.7 Å². The number of rotatable bonds is 3. The average molecular weight is 233 g/mol. The number of nitrogens with zero attached hydrogens (tertiary/aromatic N) is 1. The van der Waals surface area contributed by atoms with E-state index in [4.69, 9.17) is 0 Å². The Kier molecular flexibility index (Phi) is 3.51. The summed E-state index contributed by atoms with van der Waals surface area (Å²) >= 11 is 0. The van der Waals surface area contributed by atoms with E-state index in [9.17, 15) is 23.3 Å². The fourth-order valence-electron chi connectivity index (χ4n) is 1.33. The van der Waals surface area contributed by atoms with Crippen LogP contribution in [0.15, 0.2) is 24.3 Å². The van der Waals surface area contributed by atoms with E-state index in [0.29, 0.717) is 5.56 Å². The number of hydrogen-bond acceptors (Lipinski definition) is 2. The maximum Gasteiger partial charge on any atom is 0.416 e. The third-order valence-electron chi connectivity index (χ3n) is 2.23. The Labute approximate surface area is 90.0 Å². The topological polar surface area (TPSA) is 43.1 Å². The van der Waals surface area contributed by atoms with Crippen LogP contribution in [0.3, 0.4) is 0 Å². The minimum Gasteiger partial charge on any atom is -0.265 e. The van der Waals surface area contributed by atoms with Crippen LogP contribution < -0.4 is 0 Å². The lowest BCUT2D eigenvalue weighted by atomic mass is 10.00. The van der Waals surface area contributed by atoms with E-state index < -0.39 is 22.6 Å². The zero-order valence-electron chi connectivity index (χ0n) is 8.49. The Morgan fingerprint density at radius 3 is 2.19 bits per heavy atom. The highest BCUT2D eigenvalue weighted by Crippen LogP contribution is 2.30. The second-order valence-corrected chi connectivity index (χ2v) is 3.54. The molecule has 1 unspecified atom stereocenters. The van der Waals surface area contributed by atoms with Gasteiger partial charge in [-0.1, -0.05) is 19.1 Å². The van der Waals surface area contributed by atoms with Gasteiger partial charge in [-0.15, -0.1) is 0 Å². The SMILES string of the molecule is CC(C[N+](=O)[O-])c1ccc(C(F)(F)F)cc1. The first-order chi connectivity index (χ1) is 7.30. The first-order valence-electron chi connectivity index (χ1n) is 4.59. The van der Waals surface area contributed by atoms with Crippen molar-refractivity contribution in [2.45, 2.75) is 19.0 Å². The molecule has 0 saturated carbocycles. The van der Waals surface area contributed by atoms with E-state index in [0.717, 1.165) is 12.1 Å². The molecular weight excluding hydrogens is 223 g/mol. The Hall–Kier alpha value is -1.59. The van der Waals surface area contributed by atoms with Gasteiger partial charge in [0.15, 0.2) is 0 Å². The molecular formula is C10H10F3NO2. The lowest BCUT2D eigenvalue weighted by molar-refractivity contribution is -0.482. The molecule has 1 rings (SSSR count). The Bertz CT molecular complexity index is 373. The maximum absolute atomic E-state index is 12.2. The molecule has 1 atom stereocenters. The van der Waals surface area contributed by atoms with Crippen LogP contribution in [0.5, 0.6) is 0 Å². The summed E-state index contributed by atoms with van der Waals surface area (Å²) in [5.41, 5.74) is -0.214. The molecule has 3 nitrogen and oxygen atoms in total. The maximum atomic E-state index is 12.2. The van der Waals surface area contributed by atoms with Gasteiger partial charge in [-0.3, -0.25) is 10.1 Å². The molecule has 0 fully saturated rings. The number of alkyl halides is 3. The van der Waals surface area contributed by atoms with Crippen LogP contribution in [0.1, 0.15) is 24.0 Å². The normalized spacial score (nSPS) is 13.5. The average Bonchev–Trinajstić information content (AvgIpc) is 2.15. The lowest BCUT2D eigenvalue weighted by Crippen LogP contribution is -2.10. The van der Waals surface area contributed by atoms with E-state index in [-0.39, 0.29) is 6.54 Å². The Balaban J connectivity index is 2.83. The van der Waals surface area contributed by atoms with Gasteiger partial charge in [0, 0.05) is 10.8 Å². The molecule has 6 heteroatoms. The lowest BCUT2D eigenvalue weighted by Gasteiger charge is -2.10. The summed E-state index contributed by atoms with van der Waals surface area (Å²) in [4.78, 5) is 9.75. The van der Waals surface area contributed by atoms with Gasteiger partial charge in [-0.2, -0.15) is 13.2 Å². The molecule has 0 aliphatic rings. The summed E-state index contributed by atoms with van der Waals surface area (Å²) < 4.78 is 36.7. The zero-order valence-corrected chi connectivity index (χ0v) is 8.49. The van der Waals surface area contributed by atoms with E-state index >= 15 is 0 Å². The Morgan fingerprint density at radius 1 is 1.31 bits per heavy atom. The highest BCUT2D eigenvalue weighted by molar-refractivity contribution is 5.26. The molecule has 1 aromatic rings. The van der Waals surface area contributed by atoms with Gasteiger partial charge >= 0.3 is 6.18 Å². The molecule has 1 aromatic carbocycles. The van der Waals surface area contributed by atoms with E-state index in [1.807, 2.05) is 0 Å². The summed E-state index contributed by atoms with van der Waals surface area (Å²) in [7, 11) is 0. The molecule has 16 heavy (non-hydrogen) atoms. The van der Waals surface area contributed by atoms with Crippen molar-refractivity contribution in [3.8, 4) is 0 Å². The van der Waals surface area contributed by atoms with Gasteiger partial charge in [0.25, 0.3) is 0 Å². The van der Waals surface area contributed by atoms with E-state index in [1.54, 1.807) is 6.92 Å². The number of halogens is 3. The van der Waals surface area contributed by atoms with Crippen LogP contribution in [0.4, 0.5) is 13.2 Å². The van der Waals surface area contributed by atoms with Crippen LogP contribution in [-0.4, -0.2) is 11.5 Å². The summed E-state index contributed by atoms with van der Waals surface area (Å²) in [5, 5.41) is 10.2. The highest BCUT2D eigenvalue weighted by Gasteiger charge is 2.30. The molecule has 0 bridgehead atoms. The zero-order chi connectivity index (χ0) is 12.3. The first kappa shape index (κ1) is 12.5. The number of nitro groups is 1. The van der Waals surface area contributed by atoms with Crippen molar-refractivity contribution in [2.24, 2.45) is 0 Å². The molecule has 0 heterocycles. The summed E-state index contributed by atoms with van der Waals surface area (Å²) in [6.45, 7) is 1.32. The molecule has 88 valence electrons. The minimum absolute atomic E-state index is 0.286. The van der Waals surface area contributed by atoms with Crippen LogP contribution >= 0.6 is 0 Å². The Morgan fingerprint density at radius 2 is 1.81 bits per heavy atom. The van der Waals surface area contributed by atoms with Crippen molar-refractivity contribution in [2.75, 3.05) is 6.54 Å². The molecule has 0 radical (unpaired) electrons. The largest absolute Gasteiger partial charge is 0.416 e. The second-order valence-electron chi connectivity index (χ2n) is 3.54. The van der Waals surface area contributed by atoms with E-state index in [2.05, 4.69) is 0 Å². The highest BCUT2D eigenvalue weighted by atomic mass is 19.4. The summed E-state index contributed by atoms with van der Waals surface area (Å²) in [5.74, 6) is -0.391. The van der Waals surface area contributed by atoms with Gasteiger partial charge in [0.1, 0.15) is 0 Å². The van der Waals surface area contributed by atoms with Gasteiger partial charge < -0.3 is 0 Å². The predicted molar refractivity (Wildman–Crippen MR) is 51.7 cm³/mol. The van der Waals surface area contributed by atoms with Crippen LogP contribution in [0, 0.1) is 10.1 Å². The quantitative estimate of drug-likeness (QED) is 0.594. The van der Waals surface area contributed by atoms with Gasteiger partial charge in [-0.25, -0.2) is 0 Å². The van der Waals surface area contributed by atoms with Gasteiger partial charge in [0.05, 0.1) is 5.56 Å². The fraction of sp³-hybridized carbons (Fsp3) is 0.400. The van der Waals surface area contributed by atoms with Crippen LogP contribution in [0.25, 0.3) is 0 Å². The predicted octanol–water partition coefficient (Wildman–Crippen LogP) is 3.09.